The van der Waals surface area contributed by atoms with Gasteiger partial charge < -0.3 is 19.5 Å². The van der Waals surface area contributed by atoms with Gasteiger partial charge in [-0.1, -0.05) is 0 Å². The van der Waals surface area contributed by atoms with Crippen LogP contribution in [0.2, 0.25) is 0 Å². The van der Waals surface area contributed by atoms with Crippen molar-refractivity contribution in [2.24, 2.45) is 7.05 Å². The highest BCUT2D eigenvalue weighted by Crippen LogP contribution is 2.27. The standard InChI is InChI=1S/C19H24N8O/c1-26-12-22-17-16(26)10-21-18(25-17)23-14-3-7-27(11-14)19-20-6-2-15(24-19)13-4-8-28-9-5-13/h2,6,10,12-14H,3-5,7-9,11H2,1H3,(H,21,23,25). The second-order valence-corrected chi connectivity index (χ2v) is 7.50. The van der Waals surface area contributed by atoms with E-state index in [-0.39, 0.29) is 6.04 Å². The van der Waals surface area contributed by atoms with E-state index in [1.54, 1.807) is 6.33 Å². The van der Waals surface area contributed by atoms with Gasteiger partial charge in [-0.25, -0.2) is 19.9 Å². The van der Waals surface area contributed by atoms with Gasteiger partial charge in [0.05, 0.1) is 12.5 Å². The summed E-state index contributed by atoms with van der Waals surface area (Å²) < 4.78 is 7.39. The molecular weight excluding hydrogens is 356 g/mol. The fourth-order valence-electron chi connectivity index (χ4n) is 3.96. The maximum atomic E-state index is 5.47. The smallest absolute Gasteiger partial charge is 0.225 e. The van der Waals surface area contributed by atoms with Gasteiger partial charge in [0, 0.05) is 57.2 Å². The van der Waals surface area contributed by atoms with Crippen LogP contribution in [0.25, 0.3) is 11.2 Å². The number of nitrogens with one attached hydrogen (secondary N) is 1. The number of imidazole rings is 1. The van der Waals surface area contributed by atoms with Crippen LogP contribution < -0.4 is 10.2 Å². The summed E-state index contributed by atoms with van der Waals surface area (Å²) in [6.07, 6.45) is 8.51. The highest BCUT2D eigenvalue weighted by Gasteiger charge is 2.26. The van der Waals surface area contributed by atoms with Crippen molar-refractivity contribution < 1.29 is 4.74 Å². The van der Waals surface area contributed by atoms with E-state index in [1.807, 2.05) is 30.1 Å². The van der Waals surface area contributed by atoms with Crippen molar-refractivity contribution in [3.05, 3.63) is 30.5 Å². The van der Waals surface area contributed by atoms with E-state index in [0.717, 1.165) is 62.7 Å². The molecule has 0 aliphatic carbocycles. The molecule has 28 heavy (non-hydrogen) atoms. The fourth-order valence-corrected chi connectivity index (χ4v) is 3.96. The molecule has 2 aliphatic rings. The van der Waals surface area contributed by atoms with Gasteiger partial charge in [0.15, 0.2) is 5.65 Å². The third kappa shape index (κ3) is 3.37. The van der Waals surface area contributed by atoms with Crippen molar-refractivity contribution in [3.63, 3.8) is 0 Å². The predicted molar refractivity (Wildman–Crippen MR) is 105 cm³/mol. The van der Waals surface area contributed by atoms with Gasteiger partial charge in [0.2, 0.25) is 11.9 Å². The van der Waals surface area contributed by atoms with Gasteiger partial charge in [0.1, 0.15) is 5.52 Å². The molecule has 0 saturated carbocycles. The molecule has 2 aliphatic heterocycles. The Balaban J connectivity index is 1.26. The van der Waals surface area contributed by atoms with Crippen molar-refractivity contribution in [1.29, 1.82) is 0 Å². The summed E-state index contributed by atoms with van der Waals surface area (Å²) in [4.78, 5) is 24.9. The molecular formula is C19H24N8O. The largest absolute Gasteiger partial charge is 0.381 e. The number of hydrogen-bond donors (Lipinski definition) is 1. The van der Waals surface area contributed by atoms with Crippen LogP contribution in [0.4, 0.5) is 11.9 Å². The maximum Gasteiger partial charge on any atom is 0.225 e. The molecule has 2 saturated heterocycles. The molecule has 9 nitrogen and oxygen atoms in total. The average Bonchev–Trinajstić information content (AvgIpc) is 3.36. The zero-order valence-electron chi connectivity index (χ0n) is 16.0. The minimum atomic E-state index is 0.261. The molecule has 0 bridgehead atoms. The van der Waals surface area contributed by atoms with Crippen LogP contribution in [0.1, 0.15) is 30.9 Å². The van der Waals surface area contributed by atoms with E-state index in [4.69, 9.17) is 9.72 Å². The zero-order chi connectivity index (χ0) is 18.9. The Labute approximate surface area is 163 Å². The monoisotopic (exact) mass is 380 g/mol. The molecule has 0 spiro atoms. The molecule has 0 aromatic carbocycles. The normalized spacial score (nSPS) is 20.8. The minimum Gasteiger partial charge on any atom is -0.381 e. The van der Waals surface area contributed by atoms with Crippen LogP contribution in [0.15, 0.2) is 24.8 Å². The van der Waals surface area contributed by atoms with Gasteiger partial charge in [-0.3, -0.25) is 0 Å². The second-order valence-electron chi connectivity index (χ2n) is 7.50. The summed E-state index contributed by atoms with van der Waals surface area (Å²) in [5.41, 5.74) is 2.77. The molecule has 3 aromatic rings. The summed E-state index contributed by atoms with van der Waals surface area (Å²) in [6.45, 7) is 3.39. The number of anilines is 2. The van der Waals surface area contributed by atoms with Crippen LogP contribution in [0.3, 0.4) is 0 Å². The van der Waals surface area contributed by atoms with E-state index in [9.17, 15) is 0 Å². The number of aromatic nitrogens is 6. The SMILES string of the molecule is Cn1cnc2nc(NC3CCN(c4nccc(C5CCOCC5)n4)C3)ncc21. The van der Waals surface area contributed by atoms with E-state index in [0.29, 0.717) is 17.5 Å². The zero-order valence-corrected chi connectivity index (χ0v) is 16.0. The molecule has 1 atom stereocenters. The lowest BCUT2D eigenvalue weighted by Gasteiger charge is -2.23. The van der Waals surface area contributed by atoms with Crippen molar-refractivity contribution in [3.8, 4) is 0 Å². The van der Waals surface area contributed by atoms with Crippen LogP contribution in [0, 0.1) is 0 Å². The lowest BCUT2D eigenvalue weighted by molar-refractivity contribution is 0.0845. The van der Waals surface area contributed by atoms with Crippen LogP contribution in [0.5, 0.6) is 0 Å². The van der Waals surface area contributed by atoms with Crippen molar-refractivity contribution in [2.75, 3.05) is 36.5 Å². The third-order valence-electron chi connectivity index (χ3n) is 5.59. The van der Waals surface area contributed by atoms with E-state index >= 15 is 0 Å². The van der Waals surface area contributed by atoms with Crippen molar-refractivity contribution in [1.82, 2.24) is 29.5 Å². The number of rotatable bonds is 4. The first-order valence-electron chi connectivity index (χ1n) is 9.82. The molecule has 0 radical (unpaired) electrons. The average molecular weight is 380 g/mol. The van der Waals surface area contributed by atoms with E-state index < -0.39 is 0 Å². The molecule has 5 heterocycles. The Bertz CT molecular complexity index is 967. The topological polar surface area (TPSA) is 93.9 Å². The van der Waals surface area contributed by atoms with Crippen LogP contribution in [-0.4, -0.2) is 61.8 Å². The third-order valence-corrected chi connectivity index (χ3v) is 5.59. The number of ether oxygens (including phenoxy) is 1. The number of hydrogen-bond acceptors (Lipinski definition) is 8. The van der Waals surface area contributed by atoms with E-state index in [1.165, 1.54) is 0 Å². The van der Waals surface area contributed by atoms with Gasteiger partial charge in [-0.05, 0) is 25.3 Å². The summed E-state index contributed by atoms with van der Waals surface area (Å²) in [6, 6.07) is 2.30. The van der Waals surface area contributed by atoms with Crippen molar-refractivity contribution >= 4 is 23.1 Å². The summed E-state index contributed by atoms with van der Waals surface area (Å²) >= 11 is 0. The molecule has 5 rings (SSSR count). The Morgan fingerprint density at radius 2 is 2.00 bits per heavy atom. The second kappa shape index (κ2) is 7.31. The fraction of sp³-hybridized carbons (Fsp3) is 0.526. The highest BCUT2D eigenvalue weighted by atomic mass is 16.5. The molecule has 1 unspecified atom stereocenters. The highest BCUT2D eigenvalue weighted by molar-refractivity contribution is 5.70. The first-order chi connectivity index (χ1) is 13.8. The lowest BCUT2D eigenvalue weighted by atomic mass is 9.96. The van der Waals surface area contributed by atoms with Crippen molar-refractivity contribution in [2.45, 2.75) is 31.2 Å². The summed E-state index contributed by atoms with van der Waals surface area (Å²) in [5, 5.41) is 3.43. The Morgan fingerprint density at radius 1 is 1.11 bits per heavy atom. The number of fused-ring (bicyclic) bond motifs is 1. The quantitative estimate of drug-likeness (QED) is 0.731. The van der Waals surface area contributed by atoms with Gasteiger partial charge in [-0.15, -0.1) is 0 Å². The molecule has 9 heteroatoms. The summed E-state index contributed by atoms with van der Waals surface area (Å²) in [7, 11) is 1.94. The molecule has 3 aromatic heterocycles. The molecule has 146 valence electrons. The Hall–Kier alpha value is -2.81. The Kier molecular flexibility index (Phi) is 4.52. The molecule has 0 amide bonds. The lowest BCUT2D eigenvalue weighted by Crippen LogP contribution is -2.28. The summed E-state index contributed by atoms with van der Waals surface area (Å²) in [5.74, 6) is 1.91. The predicted octanol–water partition coefficient (Wildman–Crippen LogP) is 1.74. The van der Waals surface area contributed by atoms with Crippen LogP contribution >= 0.6 is 0 Å². The first-order valence-corrected chi connectivity index (χ1v) is 9.82. The molecule has 1 N–H and O–H groups in total. The van der Waals surface area contributed by atoms with Gasteiger partial charge in [-0.2, -0.15) is 4.98 Å². The first kappa shape index (κ1) is 17.3. The number of aryl methyl sites for hydroxylation is 1. The minimum absolute atomic E-state index is 0.261. The van der Waals surface area contributed by atoms with Gasteiger partial charge in [0.25, 0.3) is 0 Å². The number of nitrogens with zero attached hydrogens (tertiary/aromatic N) is 7. The molecule has 2 fully saturated rings. The van der Waals surface area contributed by atoms with Gasteiger partial charge >= 0.3 is 0 Å². The van der Waals surface area contributed by atoms with E-state index in [2.05, 4.69) is 30.2 Å². The van der Waals surface area contributed by atoms with Crippen LogP contribution in [-0.2, 0) is 11.8 Å². The maximum absolute atomic E-state index is 5.47. The Morgan fingerprint density at radius 3 is 2.89 bits per heavy atom.